The van der Waals surface area contributed by atoms with Crippen LogP contribution in [0.25, 0.3) is 22.8 Å². The van der Waals surface area contributed by atoms with E-state index in [1.165, 1.54) is 18.2 Å². The van der Waals surface area contributed by atoms with Crippen LogP contribution in [0.1, 0.15) is 10.4 Å². The average Bonchev–Trinajstić information content (AvgIpc) is 3.21. The summed E-state index contributed by atoms with van der Waals surface area (Å²) in [7, 11) is 0. The Balaban J connectivity index is 1.64. The number of anilines is 1. The molecule has 0 bridgehead atoms. The molecule has 1 heterocycles. The van der Waals surface area contributed by atoms with Crippen molar-refractivity contribution < 1.29 is 13.6 Å². The van der Waals surface area contributed by atoms with Crippen LogP contribution in [-0.4, -0.2) is 10.9 Å². The second-order valence-corrected chi connectivity index (χ2v) is 7.01. The molecule has 0 saturated heterocycles. The minimum Gasteiger partial charge on any atom is -0.436 e. The summed E-state index contributed by atoms with van der Waals surface area (Å²) in [5.74, 6) is -0.0934. The van der Waals surface area contributed by atoms with Gasteiger partial charge in [-0.3, -0.25) is 4.79 Å². The molecule has 1 N–H and O–H groups in total. The van der Waals surface area contributed by atoms with Crippen molar-refractivity contribution in [3.05, 3.63) is 94.4 Å². The smallest absolute Gasteiger partial charge is 0.256 e. The van der Waals surface area contributed by atoms with Crippen LogP contribution in [0.15, 0.2) is 77.3 Å². The van der Waals surface area contributed by atoms with Crippen LogP contribution in [0, 0.1) is 5.82 Å². The number of carbonyl (C=O) groups is 1. The third-order valence-electron chi connectivity index (χ3n) is 4.21. The number of aromatic nitrogens is 1. The lowest BCUT2D eigenvalue weighted by molar-refractivity contribution is 0.102. The van der Waals surface area contributed by atoms with Crippen molar-refractivity contribution in [3.63, 3.8) is 0 Å². The Morgan fingerprint density at radius 3 is 2.52 bits per heavy atom. The van der Waals surface area contributed by atoms with E-state index in [0.29, 0.717) is 33.5 Å². The Morgan fingerprint density at radius 2 is 1.76 bits per heavy atom. The van der Waals surface area contributed by atoms with Crippen molar-refractivity contribution in [3.8, 4) is 22.8 Å². The molecule has 4 aromatic rings. The highest BCUT2D eigenvalue weighted by Gasteiger charge is 2.17. The van der Waals surface area contributed by atoms with Crippen LogP contribution in [-0.2, 0) is 0 Å². The standard InChI is InChI=1S/C22H13Cl2FN2O2/c23-14-7-5-13(6-8-14)20-12-26-22(29-20)17-4-2-1-3-16(17)21(28)27-15-9-10-19(25)18(24)11-15/h1-12H,(H,27,28). The highest BCUT2D eigenvalue weighted by molar-refractivity contribution is 6.31. The molecule has 1 amide bonds. The van der Waals surface area contributed by atoms with Gasteiger partial charge in [0.05, 0.1) is 16.8 Å². The SMILES string of the molecule is O=C(Nc1ccc(F)c(Cl)c1)c1ccccc1-c1ncc(-c2ccc(Cl)cc2)o1. The van der Waals surface area contributed by atoms with Gasteiger partial charge in [0.1, 0.15) is 5.82 Å². The topological polar surface area (TPSA) is 55.1 Å². The number of carbonyl (C=O) groups excluding carboxylic acids is 1. The van der Waals surface area contributed by atoms with Crippen LogP contribution in [0.2, 0.25) is 10.0 Å². The Labute approximate surface area is 175 Å². The van der Waals surface area contributed by atoms with Crippen LogP contribution in [0.3, 0.4) is 0 Å². The maximum absolute atomic E-state index is 13.3. The molecule has 0 aliphatic heterocycles. The van der Waals surface area contributed by atoms with Gasteiger partial charge < -0.3 is 9.73 Å². The Morgan fingerprint density at radius 1 is 1.00 bits per heavy atom. The fourth-order valence-electron chi connectivity index (χ4n) is 2.79. The second-order valence-electron chi connectivity index (χ2n) is 6.17. The normalized spacial score (nSPS) is 10.7. The van der Waals surface area contributed by atoms with E-state index in [1.54, 1.807) is 42.6 Å². The monoisotopic (exact) mass is 426 g/mol. The summed E-state index contributed by atoms with van der Waals surface area (Å²) in [6.07, 6.45) is 1.59. The molecule has 0 fully saturated rings. The first kappa shape index (κ1) is 19.2. The van der Waals surface area contributed by atoms with Crippen molar-refractivity contribution in [2.45, 2.75) is 0 Å². The summed E-state index contributed by atoms with van der Waals surface area (Å²) in [5.41, 5.74) is 2.08. The van der Waals surface area contributed by atoms with Gasteiger partial charge in [-0.1, -0.05) is 35.3 Å². The van der Waals surface area contributed by atoms with E-state index in [0.717, 1.165) is 5.56 Å². The largest absolute Gasteiger partial charge is 0.436 e. The van der Waals surface area contributed by atoms with E-state index in [2.05, 4.69) is 10.3 Å². The molecule has 0 atom stereocenters. The van der Waals surface area contributed by atoms with E-state index < -0.39 is 11.7 Å². The number of benzene rings is 3. The van der Waals surface area contributed by atoms with Crippen LogP contribution >= 0.6 is 23.2 Å². The van der Waals surface area contributed by atoms with Gasteiger partial charge in [0.15, 0.2) is 5.76 Å². The number of nitrogens with zero attached hydrogens (tertiary/aromatic N) is 1. The van der Waals surface area contributed by atoms with Crippen molar-refractivity contribution >= 4 is 34.8 Å². The van der Waals surface area contributed by atoms with Gasteiger partial charge >= 0.3 is 0 Å². The lowest BCUT2D eigenvalue weighted by atomic mass is 10.1. The van der Waals surface area contributed by atoms with Crippen LogP contribution < -0.4 is 5.32 Å². The molecule has 4 nitrogen and oxygen atoms in total. The first-order valence-electron chi connectivity index (χ1n) is 8.59. The Bertz CT molecular complexity index is 1190. The predicted octanol–water partition coefficient (Wildman–Crippen LogP) is 6.71. The fraction of sp³-hybridized carbons (Fsp3) is 0. The van der Waals surface area contributed by atoms with Gasteiger partial charge in [-0.2, -0.15) is 0 Å². The molecule has 0 aliphatic rings. The minimum absolute atomic E-state index is 0.0728. The predicted molar refractivity (Wildman–Crippen MR) is 112 cm³/mol. The Hall–Kier alpha value is -3.15. The lowest BCUT2D eigenvalue weighted by Gasteiger charge is -2.09. The lowest BCUT2D eigenvalue weighted by Crippen LogP contribution is -2.13. The molecular weight excluding hydrogens is 414 g/mol. The van der Waals surface area contributed by atoms with E-state index >= 15 is 0 Å². The zero-order valence-corrected chi connectivity index (χ0v) is 16.3. The molecule has 29 heavy (non-hydrogen) atoms. The number of rotatable bonds is 4. The highest BCUT2D eigenvalue weighted by atomic mass is 35.5. The first-order valence-corrected chi connectivity index (χ1v) is 9.34. The summed E-state index contributed by atoms with van der Waals surface area (Å²) >= 11 is 11.7. The van der Waals surface area contributed by atoms with Gasteiger partial charge in [-0.25, -0.2) is 9.37 Å². The van der Waals surface area contributed by atoms with Gasteiger partial charge in [0.2, 0.25) is 5.89 Å². The van der Waals surface area contributed by atoms with Gasteiger partial charge in [0, 0.05) is 21.8 Å². The third kappa shape index (κ3) is 4.16. The summed E-state index contributed by atoms with van der Waals surface area (Å²) < 4.78 is 19.2. The van der Waals surface area contributed by atoms with E-state index in [-0.39, 0.29) is 5.02 Å². The molecule has 7 heteroatoms. The number of amides is 1. The van der Waals surface area contributed by atoms with Crippen LogP contribution in [0.4, 0.5) is 10.1 Å². The molecule has 0 radical (unpaired) electrons. The summed E-state index contributed by atoms with van der Waals surface area (Å²) in [6.45, 7) is 0. The molecule has 0 spiro atoms. The molecule has 3 aromatic carbocycles. The molecule has 144 valence electrons. The summed E-state index contributed by atoms with van der Waals surface area (Å²) in [5, 5.41) is 3.26. The summed E-state index contributed by atoms with van der Waals surface area (Å²) in [4.78, 5) is 17.1. The Kier molecular flexibility index (Phi) is 5.34. The second kappa shape index (κ2) is 8.07. The van der Waals surface area contributed by atoms with Gasteiger partial charge in [-0.05, 0) is 54.6 Å². The molecular formula is C22H13Cl2FN2O2. The third-order valence-corrected chi connectivity index (χ3v) is 4.76. The van der Waals surface area contributed by atoms with E-state index in [4.69, 9.17) is 27.6 Å². The van der Waals surface area contributed by atoms with Crippen molar-refractivity contribution in [2.75, 3.05) is 5.32 Å². The maximum atomic E-state index is 13.3. The zero-order chi connectivity index (χ0) is 20.4. The molecule has 1 aromatic heterocycles. The summed E-state index contributed by atoms with van der Waals surface area (Å²) in [6, 6.07) is 18.1. The highest BCUT2D eigenvalue weighted by Crippen LogP contribution is 2.29. The number of nitrogens with one attached hydrogen (secondary N) is 1. The van der Waals surface area contributed by atoms with E-state index in [9.17, 15) is 9.18 Å². The van der Waals surface area contributed by atoms with Crippen molar-refractivity contribution in [1.82, 2.24) is 4.98 Å². The number of oxazole rings is 1. The van der Waals surface area contributed by atoms with Crippen molar-refractivity contribution in [2.24, 2.45) is 0 Å². The molecule has 0 unspecified atom stereocenters. The number of halogens is 3. The molecule has 0 aliphatic carbocycles. The van der Waals surface area contributed by atoms with Crippen molar-refractivity contribution in [1.29, 1.82) is 0 Å². The molecule has 4 rings (SSSR count). The van der Waals surface area contributed by atoms with Crippen LogP contribution in [0.5, 0.6) is 0 Å². The van der Waals surface area contributed by atoms with Gasteiger partial charge in [0.25, 0.3) is 5.91 Å². The quantitative estimate of drug-likeness (QED) is 0.394. The zero-order valence-electron chi connectivity index (χ0n) is 14.8. The van der Waals surface area contributed by atoms with E-state index in [1.807, 2.05) is 12.1 Å². The van der Waals surface area contributed by atoms with Gasteiger partial charge in [-0.15, -0.1) is 0 Å². The number of hydrogen-bond donors (Lipinski definition) is 1. The number of hydrogen-bond acceptors (Lipinski definition) is 3. The molecule has 0 saturated carbocycles. The fourth-order valence-corrected chi connectivity index (χ4v) is 3.09. The first-order chi connectivity index (χ1) is 14.0. The minimum atomic E-state index is -0.556. The average molecular weight is 427 g/mol. The maximum Gasteiger partial charge on any atom is 0.256 e.